The minimum Gasteiger partial charge on any atom is -0.481 e. The van der Waals surface area contributed by atoms with Crippen molar-refractivity contribution in [3.05, 3.63) is 0 Å². The number of aliphatic carboxylic acids is 1. The van der Waals surface area contributed by atoms with E-state index in [4.69, 9.17) is 45.9 Å². The number of rotatable bonds is 43. The van der Waals surface area contributed by atoms with Crippen LogP contribution in [0.4, 0.5) is 0 Å². The summed E-state index contributed by atoms with van der Waals surface area (Å²) in [4.78, 5) is 156. The fourth-order valence-corrected chi connectivity index (χ4v) is 8.08. The molecule has 0 bridgehead atoms. The zero-order valence-electron chi connectivity index (χ0n) is 48.3. The van der Waals surface area contributed by atoms with Crippen molar-refractivity contribution in [2.75, 3.05) is 19.6 Å². The Balaban J connectivity index is 6.84. The SMILES string of the molecule is CCCC[C@H](NC(=O)[C@@H](NC(=O)[C@H](CC(=O)O)NC(=O)[C@H](CCC(N)=O)NC(=O)[C@H](CC(C)C)NC(=O)[C@H](CC(C)C)NC(=O)[C@@H](N)CCCN)[C@@H](C)CC)C(=O)N[C@H](CCCN=C(N)N)C(=O)N[C@@H](CCCCN=C(N)N)C(N)=O. The first-order valence-corrected chi connectivity index (χ1v) is 27.8. The number of amides is 10. The van der Waals surface area contributed by atoms with E-state index < -0.39 is 145 Å². The quantitative estimate of drug-likeness (QED) is 0.0157. The number of hydrogen-bond donors (Lipinski definition) is 17. The largest absolute Gasteiger partial charge is 0.481 e. The summed E-state index contributed by atoms with van der Waals surface area (Å²) in [5, 5.41) is 30.5. The number of nitrogens with two attached hydrogens (primary N) is 8. The summed E-state index contributed by atoms with van der Waals surface area (Å²) in [6.07, 6.45) is 1.38. The van der Waals surface area contributed by atoms with Crippen LogP contribution in [0.2, 0.25) is 0 Å². The van der Waals surface area contributed by atoms with E-state index >= 15 is 0 Å². The molecule has 30 nitrogen and oxygen atoms in total. The third-order valence-electron chi connectivity index (χ3n) is 12.8. The molecule has 462 valence electrons. The average molecular weight is 1150 g/mol. The van der Waals surface area contributed by atoms with Crippen LogP contribution in [-0.2, 0) is 52.7 Å². The Morgan fingerprint density at radius 3 is 1.31 bits per heavy atom. The van der Waals surface area contributed by atoms with E-state index in [1.807, 2.05) is 20.8 Å². The van der Waals surface area contributed by atoms with Crippen molar-refractivity contribution in [1.29, 1.82) is 0 Å². The molecule has 0 rings (SSSR count). The molecular formula is C51H96N18O12. The molecule has 0 radical (unpaired) electrons. The normalized spacial score (nSPS) is 14.8. The molecule has 10 atom stereocenters. The van der Waals surface area contributed by atoms with Crippen molar-refractivity contribution in [2.24, 2.45) is 73.6 Å². The highest BCUT2D eigenvalue weighted by Crippen LogP contribution is 2.14. The topological polar surface area (TPSA) is 537 Å². The molecule has 0 fully saturated rings. The van der Waals surface area contributed by atoms with Crippen LogP contribution in [0.5, 0.6) is 0 Å². The second-order valence-electron chi connectivity index (χ2n) is 21.0. The zero-order valence-corrected chi connectivity index (χ0v) is 48.3. The van der Waals surface area contributed by atoms with Gasteiger partial charge in [0, 0.05) is 19.5 Å². The molecule has 0 aromatic rings. The van der Waals surface area contributed by atoms with E-state index in [1.54, 1.807) is 27.7 Å². The fourth-order valence-electron chi connectivity index (χ4n) is 8.08. The average Bonchev–Trinajstić information content (AvgIpc) is 3.38. The lowest BCUT2D eigenvalue weighted by molar-refractivity contribution is -0.142. The van der Waals surface area contributed by atoms with Crippen LogP contribution in [0.25, 0.3) is 0 Å². The first-order chi connectivity index (χ1) is 38.0. The van der Waals surface area contributed by atoms with Crippen molar-refractivity contribution in [2.45, 2.75) is 206 Å². The lowest BCUT2D eigenvalue weighted by Gasteiger charge is -2.30. The number of nitrogens with zero attached hydrogens (tertiary/aromatic N) is 2. The van der Waals surface area contributed by atoms with Gasteiger partial charge in [0.25, 0.3) is 0 Å². The Bertz CT molecular complexity index is 2120. The standard InChI is InChI=1S/C51H96N18O12/c1-8-10-16-32(44(76)63-33(18-14-23-61-51(58)59)43(75)62-31(41(55)73)17-11-12-22-60-50(56)57)65-49(81)40(29(7)9-2)69-48(80)37(26-39(71)72)68-45(77)34(19-20-38(54)70)64-46(78)36(25-28(5)6)67-47(79)35(24-27(3)4)66-42(74)30(53)15-13-21-52/h27-37,40H,8-26,52-53H2,1-7H3,(H2,54,70)(H2,55,73)(H,62,75)(H,63,76)(H,64,78)(H,65,81)(H,66,74)(H,67,79)(H,68,77)(H,69,80)(H,71,72)(H4,56,57,60)(H4,58,59,61)/t29-,30-,31-,32-,33+,34-,35-,36-,37-,40-/m0/s1. The minimum absolute atomic E-state index is 0.0303. The van der Waals surface area contributed by atoms with Gasteiger partial charge in [0.1, 0.15) is 48.3 Å². The van der Waals surface area contributed by atoms with Gasteiger partial charge in [-0.2, -0.15) is 0 Å². The minimum atomic E-state index is -1.90. The molecule has 0 heterocycles. The predicted molar refractivity (Wildman–Crippen MR) is 304 cm³/mol. The molecule has 0 aliphatic heterocycles. The van der Waals surface area contributed by atoms with E-state index in [2.05, 4.69) is 52.5 Å². The summed E-state index contributed by atoms with van der Waals surface area (Å²) in [7, 11) is 0. The molecule has 25 N–H and O–H groups in total. The van der Waals surface area contributed by atoms with Crippen molar-refractivity contribution in [3.63, 3.8) is 0 Å². The molecular weight excluding hydrogens is 1060 g/mol. The molecule has 0 aromatic heterocycles. The summed E-state index contributed by atoms with van der Waals surface area (Å²) < 4.78 is 0. The molecule has 0 aromatic carbocycles. The summed E-state index contributed by atoms with van der Waals surface area (Å²) >= 11 is 0. The molecule has 0 aliphatic rings. The Morgan fingerprint density at radius 1 is 0.457 bits per heavy atom. The monoisotopic (exact) mass is 1150 g/mol. The van der Waals surface area contributed by atoms with Crippen molar-refractivity contribution in [1.82, 2.24) is 42.5 Å². The predicted octanol–water partition coefficient (Wildman–Crippen LogP) is -4.02. The highest BCUT2D eigenvalue weighted by molar-refractivity contribution is 5.99. The van der Waals surface area contributed by atoms with Gasteiger partial charge in [-0.25, -0.2) is 0 Å². The number of carbonyl (C=O) groups excluding carboxylic acids is 10. The number of hydrogen-bond acceptors (Lipinski definition) is 15. The smallest absolute Gasteiger partial charge is 0.305 e. The van der Waals surface area contributed by atoms with Gasteiger partial charge in [0.05, 0.1) is 12.5 Å². The van der Waals surface area contributed by atoms with Crippen molar-refractivity contribution in [3.8, 4) is 0 Å². The highest BCUT2D eigenvalue weighted by Gasteiger charge is 2.37. The van der Waals surface area contributed by atoms with E-state index in [1.165, 1.54) is 0 Å². The molecule has 0 saturated carbocycles. The van der Waals surface area contributed by atoms with E-state index in [0.717, 1.165) is 0 Å². The summed E-state index contributed by atoms with van der Waals surface area (Å²) in [5.41, 5.74) is 44.3. The lowest BCUT2D eigenvalue weighted by Crippen LogP contribution is -2.61. The Kier molecular flexibility index (Phi) is 36.3. The van der Waals surface area contributed by atoms with Crippen LogP contribution in [0.15, 0.2) is 9.98 Å². The molecule has 0 spiro atoms. The van der Waals surface area contributed by atoms with Gasteiger partial charge in [-0.1, -0.05) is 67.7 Å². The Labute approximate surface area is 474 Å². The number of carboxylic acids is 1. The zero-order chi connectivity index (χ0) is 61.9. The van der Waals surface area contributed by atoms with Crippen LogP contribution < -0.4 is 88.4 Å². The maximum atomic E-state index is 14.3. The second-order valence-corrected chi connectivity index (χ2v) is 21.0. The van der Waals surface area contributed by atoms with Gasteiger partial charge in [0.2, 0.25) is 59.1 Å². The molecule has 0 unspecified atom stereocenters. The summed E-state index contributed by atoms with van der Waals surface area (Å²) in [6, 6.07) is -12.1. The Hall–Kier alpha value is -7.37. The highest BCUT2D eigenvalue weighted by atomic mass is 16.4. The van der Waals surface area contributed by atoms with Crippen LogP contribution >= 0.6 is 0 Å². The molecule has 0 saturated heterocycles. The third-order valence-corrected chi connectivity index (χ3v) is 12.8. The maximum absolute atomic E-state index is 14.3. The molecule has 81 heavy (non-hydrogen) atoms. The number of nitrogens with one attached hydrogen (secondary N) is 8. The van der Waals surface area contributed by atoms with E-state index in [-0.39, 0.29) is 88.2 Å². The summed E-state index contributed by atoms with van der Waals surface area (Å²) in [5.74, 6) is -11.6. The van der Waals surface area contributed by atoms with Gasteiger partial charge in [0.15, 0.2) is 11.9 Å². The summed E-state index contributed by atoms with van der Waals surface area (Å²) in [6.45, 7) is 12.9. The molecule has 0 aliphatic carbocycles. The number of guanidine groups is 2. The van der Waals surface area contributed by atoms with Gasteiger partial charge in [-0.15, -0.1) is 0 Å². The second kappa shape index (κ2) is 39.9. The third kappa shape index (κ3) is 31.9. The lowest BCUT2D eigenvalue weighted by atomic mass is 9.96. The number of unbranched alkanes of at least 4 members (excludes halogenated alkanes) is 2. The molecule has 30 heteroatoms. The van der Waals surface area contributed by atoms with Crippen LogP contribution in [0, 0.1) is 17.8 Å². The molecule has 10 amide bonds. The number of carbonyl (C=O) groups is 11. The van der Waals surface area contributed by atoms with Crippen LogP contribution in [0.3, 0.4) is 0 Å². The van der Waals surface area contributed by atoms with Gasteiger partial charge >= 0.3 is 5.97 Å². The van der Waals surface area contributed by atoms with Crippen molar-refractivity contribution >= 4 is 77.0 Å². The van der Waals surface area contributed by atoms with Crippen LogP contribution in [0.1, 0.15) is 151 Å². The maximum Gasteiger partial charge on any atom is 0.305 e. The first kappa shape index (κ1) is 73.6. The fraction of sp³-hybridized carbons (Fsp3) is 0.745. The van der Waals surface area contributed by atoms with Gasteiger partial charge in [-0.05, 0) is 94.9 Å². The van der Waals surface area contributed by atoms with E-state index in [9.17, 15) is 57.8 Å². The Morgan fingerprint density at radius 2 is 0.864 bits per heavy atom. The first-order valence-electron chi connectivity index (χ1n) is 27.8. The van der Waals surface area contributed by atoms with E-state index in [0.29, 0.717) is 38.6 Å². The van der Waals surface area contributed by atoms with Gasteiger partial charge in [-0.3, -0.25) is 62.7 Å². The van der Waals surface area contributed by atoms with Crippen LogP contribution in [-0.4, -0.2) is 156 Å². The van der Waals surface area contributed by atoms with Gasteiger partial charge < -0.3 is 93.5 Å². The number of primary amides is 2. The number of carboxylic acid groups (broad SMARTS) is 1. The van der Waals surface area contributed by atoms with Crippen molar-refractivity contribution < 1.29 is 57.8 Å². The number of aliphatic imine (C=N–C) groups is 2.